The van der Waals surface area contributed by atoms with E-state index in [1.165, 1.54) is 6.20 Å². The summed E-state index contributed by atoms with van der Waals surface area (Å²) in [5.41, 5.74) is 3.68. The van der Waals surface area contributed by atoms with Crippen molar-refractivity contribution in [3.05, 3.63) is 53.9 Å². The van der Waals surface area contributed by atoms with E-state index in [-0.39, 0.29) is 5.91 Å². The van der Waals surface area contributed by atoms with Crippen LogP contribution < -0.4 is 5.48 Å². The van der Waals surface area contributed by atoms with Gasteiger partial charge in [-0.25, -0.2) is 5.48 Å². The molecule has 0 atom stereocenters. The minimum Gasteiger partial charge on any atom is -0.273 e. The zero-order valence-electron chi connectivity index (χ0n) is 8.51. The van der Waals surface area contributed by atoms with Crippen LogP contribution >= 0.6 is 0 Å². The number of aromatic nitrogens is 2. The summed E-state index contributed by atoms with van der Waals surface area (Å²) < 4.78 is 0. The van der Waals surface area contributed by atoms with Gasteiger partial charge in [0.25, 0.3) is 5.91 Å². The van der Waals surface area contributed by atoms with Crippen LogP contribution in [0.4, 0.5) is 0 Å². The predicted molar refractivity (Wildman–Crippen MR) is 57.3 cm³/mol. The highest BCUT2D eigenvalue weighted by molar-refractivity contribution is 5.91. The van der Waals surface area contributed by atoms with Crippen LogP contribution in [0.2, 0.25) is 0 Å². The molecule has 2 aromatic rings. The molecular weight excluding hydrogens is 206 g/mol. The molecule has 0 bridgehead atoms. The maximum absolute atomic E-state index is 11.4. The zero-order chi connectivity index (χ0) is 11.2. The van der Waals surface area contributed by atoms with Gasteiger partial charge in [-0.1, -0.05) is 30.3 Å². The first-order valence-corrected chi connectivity index (χ1v) is 4.81. The maximum Gasteiger partial charge on any atom is 0.292 e. The summed E-state index contributed by atoms with van der Waals surface area (Å²) >= 11 is 0. The standard InChI is InChI=1S/C11H11N3O2/c15-11(10-6-7-12-13-10)14-16-8-9-4-2-1-3-5-9/h1-7H,8H2,(H,12,13)(H,14,15). The van der Waals surface area contributed by atoms with E-state index in [1.54, 1.807) is 6.07 Å². The molecule has 1 amide bonds. The normalized spacial score (nSPS) is 10.0. The maximum atomic E-state index is 11.4. The second-order valence-electron chi connectivity index (χ2n) is 3.18. The highest BCUT2D eigenvalue weighted by atomic mass is 16.6. The number of amides is 1. The Morgan fingerprint density at radius 1 is 1.31 bits per heavy atom. The first-order chi connectivity index (χ1) is 7.86. The Bertz CT molecular complexity index is 440. The second-order valence-corrected chi connectivity index (χ2v) is 3.18. The zero-order valence-corrected chi connectivity index (χ0v) is 8.51. The molecule has 0 unspecified atom stereocenters. The lowest BCUT2D eigenvalue weighted by Gasteiger charge is -2.04. The fraction of sp³-hybridized carbons (Fsp3) is 0.0909. The number of aromatic amines is 1. The van der Waals surface area contributed by atoms with E-state index < -0.39 is 0 Å². The van der Waals surface area contributed by atoms with E-state index in [1.807, 2.05) is 30.3 Å². The summed E-state index contributed by atoms with van der Waals surface area (Å²) in [4.78, 5) is 16.4. The number of H-pyrrole nitrogens is 1. The van der Waals surface area contributed by atoms with Gasteiger partial charge in [-0.15, -0.1) is 0 Å². The Labute approximate surface area is 92.4 Å². The van der Waals surface area contributed by atoms with E-state index in [0.717, 1.165) is 5.56 Å². The van der Waals surface area contributed by atoms with E-state index in [9.17, 15) is 4.79 Å². The van der Waals surface area contributed by atoms with Crippen molar-refractivity contribution in [1.82, 2.24) is 15.7 Å². The summed E-state index contributed by atoms with van der Waals surface area (Å²) in [5, 5.41) is 6.21. The molecule has 0 aliphatic rings. The Morgan fingerprint density at radius 2 is 2.12 bits per heavy atom. The molecule has 82 valence electrons. The van der Waals surface area contributed by atoms with Gasteiger partial charge in [0.05, 0.1) is 6.61 Å². The molecule has 0 saturated carbocycles. The number of hydrogen-bond acceptors (Lipinski definition) is 3. The minimum atomic E-state index is -0.339. The number of hydroxylamine groups is 1. The minimum absolute atomic E-state index is 0.334. The number of carbonyl (C=O) groups is 1. The quantitative estimate of drug-likeness (QED) is 0.758. The SMILES string of the molecule is O=C(NOCc1ccccc1)c1ccn[nH]1. The molecule has 5 nitrogen and oxygen atoms in total. The van der Waals surface area contributed by atoms with Gasteiger partial charge < -0.3 is 0 Å². The van der Waals surface area contributed by atoms with Crippen molar-refractivity contribution < 1.29 is 9.63 Å². The molecule has 0 fully saturated rings. The first kappa shape index (κ1) is 10.4. The van der Waals surface area contributed by atoms with Gasteiger partial charge in [-0.2, -0.15) is 5.10 Å². The molecule has 1 aromatic heterocycles. The van der Waals surface area contributed by atoms with Gasteiger partial charge in [-0.05, 0) is 11.6 Å². The van der Waals surface area contributed by atoms with Crippen molar-refractivity contribution >= 4 is 5.91 Å². The van der Waals surface area contributed by atoms with Crippen molar-refractivity contribution in [3.63, 3.8) is 0 Å². The van der Waals surface area contributed by atoms with Crippen LogP contribution in [0.3, 0.4) is 0 Å². The van der Waals surface area contributed by atoms with Crippen molar-refractivity contribution in [2.45, 2.75) is 6.61 Å². The van der Waals surface area contributed by atoms with Gasteiger partial charge in [-0.3, -0.25) is 14.7 Å². The molecule has 0 aliphatic heterocycles. The highest BCUT2D eigenvalue weighted by Crippen LogP contribution is 1.99. The summed E-state index contributed by atoms with van der Waals surface area (Å²) in [6.45, 7) is 0.334. The largest absolute Gasteiger partial charge is 0.292 e. The molecular formula is C11H11N3O2. The number of benzene rings is 1. The second kappa shape index (κ2) is 5.09. The van der Waals surface area contributed by atoms with Crippen LogP contribution in [0, 0.1) is 0 Å². The molecule has 2 rings (SSSR count). The molecule has 16 heavy (non-hydrogen) atoms. The Balaban J connectivity index is 1.79. The molecule has 0 radical (unpaired) electrons. The van der Waals surface area contributed by atoms with Gasteiger partial charge >= 0.3 is 0 Å². The third kappa shape index (κ3) is 2.68. The fourth-order valence-corrected chi connectivity index (χ4v) is 1.20. The van der Waals surface area contributed by atoms with Crippen molar-refractivity contribution in [2.24, 2.45) is 0 Å². The van der Waals surface area contributed by atoms with Crippen LogP contribution in [-0.2, 0) is 11.4 Å². The predicted octanol–water partition coefficient (Wildman–Crippen LogP) is 1.27. The number of hydrogen-bond donors (Lipinski definition) is 2. The van der Waals surface area contributed by atoms with E-state index in [2.05, 4.69) is 15.7 Å². The van der Waals surface area contributed by atoms with Gasteiger partial charge in [0.1, 0.15) is 5.69 Å². The number of carbonyl (C=O) groups excluding carboxylic acids is 1. The molecule has 1 aromatic carbocycles. The summed E-state index contributed by atoms with van der Waals surface area (Å²) in [7, 11) is 0. The van der Waals surface area contributed by atoms with Crippen LogP contribution in [-0.4, -0.2) is 16.1 Å². The van der Waals surface area contributed by atoms with Crippen molar-refractivity contribution in [1.29, 1.82) is 0 Å². The first-order valence-electron chi connectivity index (χ1n) is 4.81. The third-order valence-corrected chi connectivity index (χ3v) is 1.99. The van der Waals surface area contributed by atoms with Crippen LogP contribution in [0.1, 0.15) is 16.1 Å². The van der Waals surface area contributed by atoms with Crippen LogP contribution in [0.5, 0.6) is 0 Å². The molecule has 5 heteroatoms. The smallest absolute Gasteiger partial charge is 0.273 e. The molecule has 1 heterocycles. The molecule has 0 aliphatic carbocycles. The monoisotopic (exact) mass is 217 g/mol. The van der Waals surface area contributed by atoms with E-state index in [4.69, 9.17) is 4.84 Å². The Morgan fingerprint density at radius 3 is 2.81 bits per heavy atom. The van der Waals surface area contributed by atoms with E-state index in [0.29, 0.717) is 12.3 Å². The highest BCUT2D eigenvalue weighted by Gasteiger charge is 2.05. The van der Waals surface area contributed by atoms with Gasteiger partial charge in [0, 0.05) is 6.20 Å². The third-order valence-electron chi connectivity index (χ3n) is 1.99. The van der Waals surface area contributed by atoms with E-state index >= 15 is 0 Å². The number of nitrogens with one attached hydrogen (secondary N) is 2. The average Bonchev–Trinajstić information content (AvgIpc) is 2.84. The summed E-state index contributed by atoms with van der Waals surface area (Å²) in [5.74, 6) is -0.339. The Kier molecular flexibility index (Phi) is 3.30. The molecule has 0 spiro atoms. The summed E-state index contributed by atoms with van der Waals surface area (Å²) in [6, 6.07) is 11.2. The van der Waals surface area contributed by atoms with Gasteiger partial charge in [0.15, 0.2) is 0 Å². The lowest BCUT2D eigenvalue weighted by molar-refractivity contribution is 0.0229. The van der Waals surface area contributed by atoms with Crippen LogP contribution in [0.15, 0.2) is 42.6 Å². The molecule has 2 N–H and O–H groups in total. The Hall–Kier alpha value is -2.14. The number of nitrogens with zero attached hydrogens (tertiary/aromatic N) is 1. The number of rotatable bonds is 4. The topological polar surface area (TPSA) is 67.0 Å². The lowest BCUT2D eigenvalue weighted by Crippen LogP contribution is -2.23. The van der Waals surface area contributed by atoms with Gasteiger partial charge in [0.2, 0.25) is 0 Å². The van der Waals surface area contributed by atoms with Crippen molar-refractivity contribution in [2.75, 3.05) is 0 Å². The summed E-state index contributed by atoms with van der Waals surface area (Å²) in [6.07, 6.45) is 1.51. The van der Waals surface area contributed by atoms with Crippen LogP contribution in [0.25, 0.3) is 0 Å². The lowest BCUT2D eigenvalue weighted by atomic mass is 10.2. The average molecular weight is 217 g/mol. The fourth-order valence-electron chi connectivity index (χ4n) is 1.20. The van der Waals surface area contributed by atoms with Crippen molar-refractivity contribution in [3.8, 4) is 0 Å². The molecule has 0 saturated heterocycles.